The number of amides is 1. The van der Waals surface area contributed by atoms with E-state index in [0.29, 0.717) is 18.5 Å². The van der Waals surface area contributed by atoms with E-state index in [1.54, 1.807) is 12.1 Å². The fraction of sp³-hybridized carbons (Fsp3) is 0.250. The zero-order chi connectivity index (χ0) is 13.6. The quantitative estimate of drug-likeness (QED) is 0.589. The molecule has 5 N–H and O–H groups in total. The van der Waals surface area contributed by atoms with E-state index < -0.39 is 16.7 Å². The number of rotatable bonds is 2. The fourth-order valence-corrected chi connectivity index (χ4v) is 1.94. The molecule has 1 aromatic heterocycles. The number of anilines is 1. The number of nitrogens with two attached hydrogens (primary N) is 1. The molecule has 0 bridgehead atoms. The third-order valence-corrected chi connectivity index (χ3v) is 3.31. The molecule has 0 aliphatic heterocycles. The minimum absolute atomic E-state index is 0.156. The van der Waals surface area contributed by atoms with E-state index >= 15 is 0 Å². The van der Waals surface area contributed by atoms with E-state index in [2.05, 4.69) is 15.5 Å². The molecule has 1 aromatic carbocycles. The molecule has 7 heteroatoms. The van der Waals surface area contributed by atoms with Gasteiger partial charge in [0, 0.05) is 0 Å². The number of carbonyl (C=O) groups is 1. The molecular weight excluding hydrogens is 248 g/mol. The van der Waals surface area contributed by atoms with Gasteiger partial charge in [-0.3, -0.25) is 24.6 Å². The molecule has 0 saturated heterocycles. The maximum absolute atomic E-state index is 11.9. The van der Waals surface area contributed by atoms with Gasteiger partial charge in [0.15, 0.2) is 0 Å². The van der Waals surface area contributed by atoms with Crippen molar-refractivity contribution in [2.75, 3.05) is 5.32 Å². The van der Waals surface area contributed by atoms with Crippen molar-refractivity contribution in [2.24, 2.45) is 5.73 Å². The minimum Gasteiger partial charge on any atom is -0.324 e. The van der Waals surface area contributed by atoms with Gasteiger partial charge in [-0.2, -0.15) is 0 Å². The molecule has 0 spiro atoms. The predicted octanol–water partition coefficient (Wildman–Crippen LogP) is -0.354. The van der Waals surface area contributed by atoms with Crippen molar-refractivity contribution in [3.63, 3.8) is 0 Å². The molecule has 0 atom stereocenters. The Morgan fingerprint density at radius 3 is 2.58 bits per heavy atom. The van der Waals surface area contributed by atoms with Crippen LogP contribution in [0.3, 0.4) is 0 Å². The number of H-pyrrole nitrogens is 2. The fourth-order valence-electron chi connectivity index (χ4n) is 1.94. The number of benzene rings is 1. The van der Waals surface area contributed by atoms with Crippen LogP contribution in [0.15, 0.2) is 27.8 Å². The highest BCUT2D eigenvalue weighted by molar-refractivity contribution is 6.06. The van der Waals surface area contributed by atoms with Gasteiger partial charge in [0.2, 0.25) is 5.91 Å². The van der Waals surface area contributed by atoms with Gasteiger partial charge in [0.25, 0.3) is 11.1 Å². The minimum atomic E-state index is -0.837. The highest BCUT2D eigenvalue weighted by Crippen LogP contribution is 2.33. The van der Waals surface area contributed by atoms with Crippen LogP contribution in [-0.4, -0.2) is 21.6 Å². The summed E-state index contributed by atoms with van der Waals surface area (Å²) < 4.78 is 0. The summed E-state index contributed by atoms with van der Waals surface area (Å²) in [4.78, 5) is 35.3. The number of hydrogen-bond acceptors (Lipinski definition) is 4. The second-order valence-electron chi connectivity index (χ2n) is 4.75. The molecule has 1 saturated carbocycles. The van der Waals surface area contributed by atoms with Crippen LogP contribution in [0.25, 0.3) is 10.8 Å². The molecule has 3 rings (SSSR count). The molecule has 7 nitrogen and oxygen atoms in total. The van der Waals surface area contributed by atoms with Gasteiger partial charge in [-0.05, 0) is 25.0 Å². The summed E-state index contributed by atoms with van der Waals surface area (Å²) in [5.41, 5.74) is 4.36. The molecule has 1 amide bonds. The first kappa shape index (κ1) is 11.7. The zero-order valence-electron chi connectivity index (χ0n) is 9.95. The van der Waals surface area contributed by atoms with Crippen molar-refractivity contribution in [3.8, 4) is 0 Å². The van der Waals surface area contributed by atoms with Crippen LogP contribution in [0.1, 0.15) is 12.8 Å². The molecule has 98 valence electrons. The predicted molar refractivity (Wildman–Crippen MR) is 70.0 cm³/mol. The number of aromatic amines is 2. The first-order chi connectivity index (χ1) is 9.01. The first-order valence-corrected chi connectivity index (χ1v) is 5.85. The maximum Gasteiger partial charge on any atom is 0.272 e. The molecule has 1 fully saturated rings. The Morgan fingerprint density at radius 2 is 1.89 bits per heavy atom. The maximum atomic E-state index is 11.9. The standard InChI is InChI=1S/C12H12N4O3/c13-12(4-5-12)11(19)14-7-3-1-2-6-8(7)10(18)16-15-9(6)17/h1-3H,4-5,13H2,(H,14,19)(H,15,17)(H,16,18). The largest absolute Gasteiger partial charge is 0.324 e. The third kappa shape index (κ3) is 1.84. The van der Waals surface area contributed by atoms with Gasteiger partial charge in [-0.15, -0.1) is 0 Å². The van der Waals surface area contributed by atoms with Crippen LogP contribution >= 0.6 is 0 Å². The third-order valence-electron chi connectivity index (χ3n) is 3.31. The lowest BCUT2D eigenvalue weighted by molar-refractivity contribution is -0.118. The number of aromatic nitrogens is 2. The SMILES string of the molecule is NC1(C(=O)Nc2cccc3c(=O)[nH][nH]c(=O)c23)CC1. The number of fused-ring (bicyclic) bond motifs is 1. The summed E-state index contributed by atoms with van der Waals surface area (Å²) in [6.07, 6.45) is 1.25. The van der Waals surface area contributed by atoms with Crippen LogP contribution < -0.4 is 22.2 Å². The van der Waals surface area contributed by atoms with Gasteiger partial charge in [0.1, 0.15) is 0 Å². The monoisotopic (exact) mass is 260 g/mol. The number of carbonyl (C=O) groups excluding carboxylic acids is 1. The highest BCUT2D eigenvalue weighted by Gasteiger charge is 2.46. The molecule has 1 aliphatic rings. The summed E-state index contributed by atoms with van der Waals surface area (Å²) in [6.45, 7) is 0. The number of nitrogens with one attached hydrogen (secondary N) is 3. The van der Waals surface area contributed by atoms with Crippen LogP contribution in [0.4, 0.5) is 5.69 Å². The van der Waals surface area contributed by atoms with Crippen LogP contribution in [0.5, 0.6) is 0 Å². The van der Waals surface area contributed by atoms with Gasteiger partial charge in [-0.1, -0.05) is 6.07 Å². The van der Waals surface area contributed by atoms with E-state index in [0.717, 1.165) is 0 Å². The van der Waals surface area contributed by atoms with E-state index in [1.807, 2.05) is 0 Å². The van der Waals surface area contributed by atoms with Crippen LogP contribution in [-0.2, 0) is 4.79 Å². The lowest BCUT2D eigenvalue weighted by atomic mass is 10.1. The average molecular weight is 260 g/mol. The lowest BCUT2D eigenvalue weighted by Gasteiger charge is -2.11. The van der Waals surface area contributed by atoms with E-state index in [9.17, 15) is 14.4 Å². The van der Waals surface area contributed by atoms with E-state index in [-0.39, 0.29) is 16.7 Å². The molecule has 1 heterocycles. The normalized spacial score (nSPS) is 16.3. The van der Waals surface area contributed by atoms with E-state index in [1.165, 1.54) is 6.07 Å². The van der Waals surface area contributed by atoms with Gasteiger partial charge in [-0.25, -0.2) is 0 Å². The highest BCUT2D eigenvalue weighted by atomic mass is 16.2. The molecule has 0 unspecified atom stereocenters. The topological polar surface area (TPSA) is 121 Å². The Balaban J connectivity index is 2.14. The van der Waals surface area contributed by atoms with Gasteiger partial charge in [0.05, 0.1) is 22.0 Å². The van der Waals surface area contributed by atoms with Crippen molar-refractivity contribution in [3.05, 3.63) is 38.9 Å². The molecule has 0 radical (unpaired) electrons. The summed E-state index contributed by atoms with van der Waals surface area (Å²) in [6, 6.07) is 4.69. The Hall–Kier alpha value is -2.41. The second kappa shape index (κ2) is 3.79. The first-order valence-electron chi connectivity index (χ1n) is 5.85. The lowest BCUT2D eigenvalue weighted by Crippen LogP contribution is -2.38. The van der Waals surface area contributed by atoms with Gasteiger partial charge < -0.3 is 11.1 Å². The average Bonchev–Trinajstić information content (AvgIpc) is 3.14. The molecule has 1 aliphatic carbocycles. The Kier molecular flexibility index (Phi) is 2.33. The smallest absolute Gasteiger partial charge is 0.272 e. The number of hydrogen-bond donors (Lipinski definition) is 4. The Labute approximate surface area is 106 Å². The molecule has 19 heavy (non-hydrogen) atoms. The van der Waals surface area contributed by atoms with Crippen LogP contribution in [0, 0.1) is 0 Å². The second-order valence-corrected chi connectivity index (χ2v) is 4.75. The van der Waals surface area contributed by atoms with Crippen molar-refractivity contribution < 1.29 is 4.79 Å². The van der Waals surface area contributed by atoms with Crippen LogP contribution in [0.2, 0.25) is 0 Å². The van der Waals surface area contributed by atoms with Crippen molar-refractivity contribution in [1.82, 2.24) is 10.2 Å². The Morgan fingerprint density at radius 1 is 1.21 bits per heavy atom. The summed E-state index contributed by atoms with van der Waals surface area (Å²) >= 11 is 0. The summed E-state index contributed by atoms with van der Waals surface area (Å²) in [5, 5.41) is 7.47. The summed E-state index contributed by atoms with van der Waals surface area (Å²) in [7, 11) is 0. The van der Waals surface area contributed by atoms with Crippen molar-refractivity contribution in [2.45, 2.75) is 18.4 Å². The molecular formula is C12H12N4O3. The Bertz CT molecular complexity index is 785. The zero-order valence-corrected chi connectivity index (χ0v) is 9.95. The molecule has 2 aromatic rings. The summed E-state index contributed by atoms with van der Waals surface area (Å²) in [5.74, 6) is -0.334. The van der Waals surface area contributed by atoms with Crippen molar-refractivity contribution >= 4 is 22.4 Å². The van der Waals surface area contributed by atoms with Crippen molar-refractivity contribution in [1.29, 1.82) is 0 Å². The van der Waals surface area contributed by atoms with Gasteiger partial charge >= 0.3 is 0 Å². The van der Waals surface area contributed by atoms with E-state index in [4.69, 9.17) is 5.73 Å².